The van der Waals surface area contributed by atoms with Gasteiger partial charge in [-0.3, -0.25) is 4.79 Å². The van der Waals surface area contributed by atoms with Gasteiger partial charge in [0.2, 0.25) is 0 Å². The van der Waals surface area contributed by atoms with Gasteiger partial charge in [0.1, 0.15) is 0 Å². The van der Waals surface area contributed by atoms with E-state index in [1.807, 2.05) is 23.1 Å². The van der Waals surface area contributed by atoms with E-state index in [9.17, 15) is 4.79 Å². The molecule has 4 heteroatoms. The summed E-state index contributed by atoms with van der Waals surface area (Å²) in [5, 5.41) is 8.56. The Labute approximate surface area is 173 Å². The van der Waals surface area contributed by atoms with Crippen LogP contribution >= 0.6 is 0 Å². The minimum absolute atomic E-state index is 0.0508. The molecule has 2 heterocycles. The van der Waals surface area contributed by atoms with Gasteiger partial charge in [0.15, 0.2) is 0 Å². The molecule has 1 N–H and O–H groups in total. The number of hydrogen-bond donors (Lipinski definition) is 1. The molecule has 0 radical (unpaired) electrons. The number of hydrogen-bond acceptors (Lipinski definition) is 3. The van der Waals surface area contributed by atoms with Gasteiger partial charge in [-0.25, -0.2) is 0 Å². The van der Waals surface area contributed by atoms with Crippen molar-refractivity contribution >= 4 is 23.0 Å². The van der Waals surface area contributed by atoms with Gasteiger partial charge in [-0.2, -0.15) is 0 Å². The van der Waals surface area contributed by atoms with Gasteiger partial charge < -0.3 is 15.2 Å². The molecule has 150 valence electrons. The third-order valence-electron chi connectivity index (χ3n) is 7.18. The lowest BCUT2D eigenvalue weighted by Crippen LogP contribution is -2.34. The number of nitrogens with zero attached hydrogens (tertiary/aromatic N) is 2. The van der Waals surface area contributed by atoms with Gasteiger partial charge in [0, 0.05) is 47.7 Å². The van der Waals surface area contributed by atoms with Crippen LogP contribution < -0.4 is 9.80 Å². The van der Waals surface area contributed by atoms with Crippen molar-refractivity contribution in [2.24, 2.45) is 5.41 Å². The molecule has 1 saturated heterocycles. The number of carbonyl (C=O) groups is 1. The van der Waals surface area contributed by atoms with Gasteiger partial charge in [0.05, 0.1) is 0 Å². The van der Waals surface area contributed by atoms with Gasteiger partial charge in [-0.05, 0) is 80.8 Å². The highest BCUT2D eigenvalue weighted by atomic mass is 16.2. The van der Waals surface area contributed by atoms with Crippen molar-refractivity contribution in [3.63, 3.8) is 0 Å². The van der Waals surface area contributed by atoms with E-state index in [-0.39, 0.29) is 11.3 Å². The Balaban J connectivity index is 1.44. The fraction of sp³-hybridized carbons (Fsp3) is 0.440. The molecular formula is C25H29N3O. The smallest absolute Gasteiger partial charge is 0.258 e. The highest BCUT2D eigenvalue weighted by molar-refractivity contribution is 6.07. The molecule has 1 amide bonds. The zero-order chi connectivity index (χ0) is 19.8. The van der Waals surface area contributed by atoms with Crippen LogP contribution in [0, 0.1) is 10.8 Å². The van der Waals surface area contributed by atoms with Crippen molar-refractivity contribution in [1.82, 2.24) is 0 Å². The Morgan fingerprint density at radius 1 is 0.897 bits per heavy atom. The largest absolute Gasteiger partial charge is 0.372 e. The second-order valence-corrected chi connectivity index (χ2v) is 8.87. The molecule has 4 nitrogen and oxygen atoms in total. The second-order valence-electron chi connectivity index (χ2n) is 8.87. The summed E-state index contributed by atoms with van der Waals surface area (Å²) in [7, 11) is 0. The molecule has 1 aliphatic carbocycles. The summed E-state index contributed by atoms with van der Waals surface area (Å²) in [6, 6.07) is 16.5. The molecule has 1 unspecified atom stereocenters. The molecule has 1 saturated carbocycles. The van der Waals surface area contributed by atoms with Crippen molar-refractivity contribution in [2.75, 3.05) is 29.4 Å². The highest BCUT2D eigenvalue weighted by Crippen LogP contribution is 2.45. The first-order valence-electron chi connectivity index (χ1n) is 11.0. The molecule has 29 heavy (non-hydrogen) atoms. The summed E-state index contributed by atoms with van der Waals surface area (Å²) in [5.41, 5.74) is 5.03. The van der Waals surface area contributed by atoms with Crippen LogP contribution in [0.15, 0.2) is 48.5 Å². The first-order chi connectivity index (χ1) is 14.2. The normalized spacial score (nSPS) is 24.1. The lowest BCUT2D eigenvalue weighted by atomic mass is 9.76. The lowest BCUT2D eigenvalue weighted by Gasteiger charge is -2.28. The predicted molar refractivity (Wildman–Crippen MR) is 118 cm³/mol. The molecule has 1 spiro atoms. The van der Waals surface area contributed by atoms with E-state index in [4.69, 9.17) is 5.41 Å². The van der Waals surface area contributed by atoms with E-state index in [0.717, 1.165) is 62.2 Å². The highest BCUT2D eigenvalue weighted by Gasteiger charge is 2.42. The van der Waals surface area contributed by atoms with E-state index in [1.165, 1.54) is 24.1 Å². The number of anilines is 2. The van der Waals surface area contributed by atoms with Gasteiger partial charge in [-0.1, -0.05) is 18.2 Å². The number of para-hydroxylation sites is 1. The Morgan fingerprint density at radius 3 is 2.38 bits per heavy atom. The maximum Gasteiger partial charge on any atom is 0.258 e. The average molecular weight is 388 g/mol. The summed E-state index contributed by atoms with van der Waals surface area (Å²) in [4.78, 5) is 17.8. The SMILES string of the molecule is N=C1CCCC12CCN(C(=O)c1ccc(N3CCCC3)cc1)c1ccccc1C2. The zero-order valence-corrected chi connectivity index (χ0v) is 17.0. The predicted octanol–water partition coefficient (Wildman–Crippen LogP) is 5.07. The molecular weight excluding hydrogens is 358 g/mol. The quantitative estimate of drug-likeness (QED) is 0.782. The number of carbonyl (C=O) groups excluding carboxylic acids is 1. The Morgan fingerprint density at radius 2 is 1.66 bits per heavy atom. The Bertz CT molecular complexity index is 929. The number of benzene rings is 2. The number of amides is 1. The summed E-state index contributed by atoms with van der Waals surface area (Å²) in [6.07, 6.45) is 7.37. The van der Waals surface area contributed by atoms with Crippen molar-refractivity contribution in [3.05, 3.63) is 59.7 Å². The maximum atomic E-state index is 13.5. The number of fused-ring (bicyclic) bond motifs is 1. The number of rotatable bonds is 2. The van der Waals surface area contributed by atoms with Crippen LogP contribution in [0.25, 0.3) is 0 Å². The van der Waals surface area contributed by atoms with Crippen molar-refractivity contribution in [2.45, 2.75) is 44.9 Å². The summed E-state index contributed by atoms with van der Waals surface area (Å²) in [6.45, 7) is 2.91. The van der Waals surface area contributed by atoms with Crippen molar-refractivity contribution in [3.8, 4) is 0 Å². The molecule has 0 bridgehead atoms. The van der Waals surface area contributed by atoms with Crippen LogP contribution in [0.5, 0.6) is 0 Å². The topological polar surface area (TPSA) is 47.4 Å². The van der Waals surface area contributed by atoms with Gasteiger partial charge in [-0.15, -0.1) is 0 Å². The van der Waals surface area contributed by atoms with E-state index in [2.05, 4.69) is 35.2 Å². The molecule has 2 fully saturated rings. The fourth-order valence-electron chi connectivity index (χ4n) is 5.47. The average Bonchev–Trinajstić information content (AvgIpc) is 3.36. The summed E-state index contributed by atoms with van der Waals surface area (Å²) >= 11 is 0. The van der Waals surface area contributed by atoms with E-state index >= 15 is 0 Å². The summed E-state index contributed by atoms with van der Waals surface area (Å²) in [5.74, 6) is 0.0759. The molecule has 2 aliphatic heterocycles. The first-order valence-corrected chi connectivity index (χ1v) is 11.0. The summed E-state index contributed by atoms with van der Waals surface area (Å²) < 4.78 is 0. The molecule has 5 rings (SSSR count). The van der Waals surface area contributed by atoms with Crippen LogP contribution in [-0.2, 0) is 6.42 Å². The lowest BCUT2D eigenvalue weighted by molar-refractivity contribution is 0.0985. The zero-order valence-electron chi connectivity index (χ0n) is 17.0. The van der Waals surface area contributed by atoms with Crippen molar-refractivity contribution < 1.29 is 4.79 Å². The maximum absolute atomic E-state index is 13.5. The number of nitrogens with one attached hydrogen (secondary N) is 1. The van der Waals surface area contributed by atoms with E-state index in [1.54, 1.807) is 0 Å². The third kappa shape index (κ3) is 3.25. The first kappa shape index (κ1) is 18.4. The monoisotopic (exact) mass is 387 g/mol. The van der Waals surface area contributed by atoms with Gasteiger partial charge in [0.25, 0.3) is 5.91 Å². The Hall–Kier alpha value is -2.62. The molecule has 0 aromatic heterocycles. The third-order valence-corrected chi connectivity index (χ3v) is 7.18. The minimum Gasteiger partial charge on any atom is -0.372 e. The van der Waals surface area contributed by atoms with Crippen LogP contribution in [0.3, 0.4) is 0 Å². The fourth-order valence-corrected chi connectivity index (χ4v) is 5.47. The molecule has 2 aromatic rings. The van der Waals surface area contributed by atoms with Crippen LogP contribution in [0.1, 0.15) is 54.4 Å². The van der Waals surface area contributed by atoms with Crippen LogP contribution in [-0.4, -0.2) is 31.3 Å². The Kier molecular flexibility index (Phi) is 4.65. The standard InChI is InChI=1S/C25H29N3O/c26-23-8-5-13-25(23)14-17-28(22-7-2-1-6-20(22)18-25)24(29)19-9-11-21(12-10-19)27-15-3-4-16-27/h1-2,6-7,9-12,26H,3-5,8,13-18H2. The van der Waals surface area contributed by atoms with E-state index < -0.39 is 0 Å². The van der Waals surface area contributed by atoms with Crippen molar-refractivity contribution in [1.29, 1.82) is 5.41 Å². The van der Waals surface area contributed by atoms with Gasteiger partial charge >= 0.3 is 0 Å². The molecule has 3 aliphatic rings. The minimum atomic E-state index is -0.0508. The van der Waals surface area contributed by atoms with Crippen LogP contribution in [0.4, 0.5) is 11.4 Å². The molecule has 1 atom stereocenters. The molecule has 2 aromatic carbocycles. The second kappa shape index (κ2) is 7.33. The van der Waals surface area contributed by atoms with E-state index in [0.29, 0.717) is 6.54 Å². The van der Waals surface area contributed by atoms with Crippen LogP contribution in [0.2, 0.25) is 0 Å².